The van der Waals surface area contributed by atoms with Crippen LogP contribution in [-0.4, -0.2) is 5.91 Å². The fourth-order valence-corrected chi connectivity index (χ4v) is 1.94. The number of halogens is 1. The summed E-state index contributed by atoms with van der Waals surface area (Å²) in [6, 6.07) is 16.9. The molecule has 0 aromatic heterocycles. The maximum atomic E-state index is 11.9. The van der Waals surface area contributed by atoms with Gasteiger partial charge in [-0.2, -0.15) is 0 Å². The first-order valence-electron chi connectivity index (χ1n) is 5.55. The van der Waals surface area contributed by atoms with Crippen LogP contribution in [-0.2, 0) is 0 Å². The first kappa shape index (κ1) is 12.6. The number of hydrazine groups is 1. The summed E-state index contributed by atoms with van der Waals surface area (Å²) in [5.41, 5.74) is 5.38. The predicted molar refractivity (Wildman–Crippen MR) is 76.5 cm³/mol. The molecule has 0 fully saturated rings. The molecule has 0 aliphatic rings. The number of carbonyl (C=O) groups excluding carboxylic acids is 1. The van der Waals surface area contributed by atoms with Gasteiger partial charge in [-0.05, 0) is 36.8 Å². The van der Waals surface area contributed by atoms with Crippen LogP contribution in [0.1, 0.15) is 15.9 Å². The molecule has 0 aliphatic carbocycles. The molecule has 3 nitrogen and oxygen atoms in total. The number of hydrogen-bond donors (Lipinski definition) is 1. The van der Waals surface area contributed by atoms with E-state index in [1.807, 2.05) is 49.4 Å². The highest BCUT2D eigenvalue weighted by atomic mass is 79.9. The Hall–Kier alpha value is -1.81. The second kappa shape index (κ2) is 5.69. The fourth-order valence-electron chi connectivity index (χ4n) is 1.56. The van der Waals surface area contributed by atoms with Crippen molar-refractivity contribution in [2.75, 3.05) is 4.03 Å². The summed E-state index contributed by atoms with van der Waals surface area (Å²) in [5, 5.41) is 0. The summed E-state index contributed by atoms with van der Waals surface area (Å²) >= 11 is 3.32. The standard InChI is InChI=1S/C14H13BrN2O/c1-11-6-5-9-13(10-11)17(15)16-14(18)12-7-3-2-4-8-12/h2-10H,1H3,(H,16,18). The van der Waals surface area contributed by atoms with Crippen molar-refractivity contribution in [2.45, 2.75) is 6.92 Å². The van der Waals surface area contributed by atoms with Gasteiger partial charge < -0.3 is 0 Å². The van der Waals surface area contributed by atoms with E-state index in [4.69, 9.17) is 0 Å². The smallest absolute Gasteiger partial charge is 0.267 e. The number of hydrogen-bond acceptors (Lipinski definition) is 2. The second-order valence-corrected chi connectivity index (χ2v) is 4.64. The molecule has 92 valence electrons. The quantitative estimate of drug-likeness (QED) is 0.696. The molecule has 1 amide bonds. The number of carbonyl (C=O) groups is 1. The van der Waals surface area contributed by atoms with Crippen molar-refractivity contribution in [1.82, 2.24) is 5.43 Å². The average molecular weight is 305 g/mol. The van der Waals surface area contributed by atoms with E-state index >= 15 is 0 Å². The number of rotatable bonds is 3. The molecule has 2 aromatic rings. The van der Waals surface area contributed by atoms with Gasteiger partial charge in [0.15, 0.2) is 0 Å². The maximum absolute atomic E-state index is 11.9. The van der Waals surface area contributed by atoms with Crippen molar-refractivity contribution in [2.24, 2.45) is 0 Å². The van der Waals surface area contributed by atoms with Crippen LogP contribution in [0.15, 0.2) is 54.6 Å². The van der Waals surface area contributed by atoms with Crippen molar-refractivity contribution in [3.05, 3.63) is 65.7 Å². The monoisotopic (exact) mass is 304 g/mol. The van der Waals surface area contributed by atoms with Crippen LogP contribution in [0.4, 0.5) is 5.69 Å². The first-order chi connectivity index (χ1) is 8.66. The molecule has 0 saturated heterocycles. The molecule has 0 unspecified atom stereocenters. The zero-order valence-electron chi connectivity index (χ0n) is 9.93. The molecule has 0 saturated carbocycles. The number of nitrogens with zero attached hydrogens (tertiary/aromatic N) is 1. The third kappa shape index (κ3) is 3.11. The van der Waals surface area contributed by atoms with Gasteiger partial charge in [0.1, 0.15) is 0 Å². The Morgan fingerprint density at radius 3 is 2.50 bits per heavy atom. The number of amides is 1. The summed E-state index contributed by atoms with van der Waals surface area (Å²) in [7, 11) is 0. The first-order valence-corrected chi connectivity index (χ1v) is 6.26. The van der Waals surface area contributed by atoms with Gasteiger partial charge in [-0.25, -0.2) is 4.03 Å². The van der Waals surface area contributed by atoms with Crippen molar-refractivity contribution in [1.29, 1.82) is 0 Å². The zero-order valence-corrected chi connectivity index (χ0v) is 11.5. The fraction of sp³-hybridized carbons (Fsp3) is 0.0714. The second-order valence-electron chi connectivity index (χ2n) is 3.93. The summed E-state index contributed by atoms with van der Waals surface area (Å²) in [5.74, 6) is -0.158. The van der Waals surface area contributed by atoms with Gasteiger partial charge in [-0.15, -0.1) is 0 Å². The Morgan fingerprint density at radius 1 is 1.11 bits per heavy atom. The zero-order chi connectivity index (χ0) is 13.0. The number of anilines is 1. The predicted octanol–water partition coefficient (Wildman–Crippen LogP) is 3.46. The third-order valence-corrected chi connectivity index (χ3v) is 3.05. The van der Waals surface area contributed by atoms with Crippen LogP contribution in [0.25, 0.3) is 0 Å². The molecule has 2 aromatic carbocycles. The number of benzene rings is 2. The Balaban J connectivity index is 2.08. The lowest BCUT2D eigenvalue weighted by atomic mass is 10.2. The summed E-state index contributed by atoms with van der Waals surface area (Å²) < 4.78 is 1.54. The lowest BCUT2D eigenvalue weighted by Gasteiger charge is -2.17. The normalized spacial score (nSPS) is 9.89. The molecule has 0 heterocycles. The topological polar surface area (TPSA) is 32.3 Å². The molecule has 0 radical (unpaired) electrons. The van der Waals surface area contributed by atoms with Gasteiger partial charge >= 0.3 is 0 Å². The molecular formula is C14H13BrN2O. The van der Waals surface area contributed by atoms with E-state index in [1.54, 1.807) is 12.1 Å². The van der Waals surface area contributed by atoms with Gasteiger partial charge in [-0.3, -0.25) is 10.2 Å². The molecule has 0 aliphatic heterocycles. The Morgan fingerprint density at radius 2 is 1.83 bits per heavy atom. The van der Waals surface area contributed by atoms with Crippen LogP contribution < -0.4 is 9.46 Å². The van der Waals surface area contributed by atoms with Crippen LogP contribution in [0.3, 0.4) is 0 Å². The summed E-state index contributed by atoms with van der Waals surface area (Å²) in [4.78, 5) is 11.9. The number of aryl methyl sites for hydroxylation is 1. The average Bonchev–Trinajstić information content (AvgIpc) is 2.39. The van der Waals surface area contributed by atoms with E-state index in [2.05, 4.69) is 21.6 Å². The van der Waals surface area contributed by atoms with E-state index in [1.165, 1.54) is 4.03 Å². The molecule has 4 heteroatoms. The third-order valence-electron chi connectivity index (χ3n) is 2.46. The van der Waals surface area contributed by atoms with Crippen molar-refractivity contribution in [3.63, 3.8) is 0 Å². The highest BCUT2D eigenvalue weighted by Crippen LogP contribution is 2.17. The lowest BCUT2D eigenvalue weighted by molar-refractivity contribution is 0.0957. The van der Waals surface area contributed by atoms with Crippen LogP contribution in [0, 0.1) is 6.92 Å². The van der Waals surface area contributed by atoms with E-state index in [9.17, 15) is 4.79 Å². The Kier molecular flexibility index (Phi) is 3.99. The minimum absolute atomic E-state index is 0.158. The molecule has 0 atom stereocenters. The highest BCUT2D eigenvalue weighted by molar-refractivity contribution is 9.10. The molecule has 2 rings (SSSR count). The van der Waals surface area contributed by atoms with Crippen LogP contribution in [0.5, 0.6) is 0 Å². The van der Waals surface area contributed by atoms with Gasteiger partial charge in [0, 0.05) is 5.56 Å². The summed E-state index contributed by atoms with van der Waals surface area (Å²) in [6.07, 6.45) is 0. The van der Waals surface area contributed by atoms with Gasteiger partial charge in [0.2, 0.25) is 0 Å². The van der Waals surface area contributed by atoms with Crippen LogP contribution >= 0.6 is 16.1 Å². The van der Waals surface area contributed by atoms with E-state index in [0.717, 1.165) is 11.3 Å². The van der Waals surface area contributed by atoms with E-state index in [-0.39, 0.29) is 5.91 Å². The summed E-state index contributed by atoms with van der Waals surface area (Å²) in [6.45, 7) is 2.00. The maximum Gasteiger partial charge on any atom is 0.270 e. The lowest BCUT2D eigenvalue weighted by Crippen LogP contribution is -2.35. The van der Waals surface area contributed by atoms with E-state index in [0.29, 0.717) is 5.56 Å². The molecule has 0 bridgehead atoms. The van der Waals surface area contributed by atoms with Crippen molar-refractivity contribution in [3.8, 4) is 0 Å². The molecule has 0 spiro atoms. The highest BCUT2D eigenvalue weighted by Gasteiger charge is 2.09. The van der Waals surface area contributed by atoms with Crippen molar-refractivity contribution >= 4 is 27.7 Å². The number of nitrogens with one attached hydrogen (secondary N) is 1. The van der Waals surface area contributed by atoms with Gasteiger partial charge in [0.25, 0.3) is 5.91 Å². The Bertz CT molecular complexity index is 543. The molecule has 18 heavy (non-hydrogen) atoms. The minimum atomic E-state index is -0.158. The van der Waals surface area contributed by atoms with Crippen molar-refractivity contribution < 1.29 is 4.79 Å². The Labute approximate surface area is 115 Å². The van der Waals surface area contributed by atoms with E-state index < -0.39 is 0 Å². The molecule has 1 N–H and O–H groups in total. The van der Waals surface area contributed by atoms with Gasteiger partial charge in [0.05, 0.1) is 21.8 Å². The van der Waals surface area contributed by atoms with Gasteiger partial charge in [-0.1, -0.05) is 30.3 Å². The molecular weight excluding hydrogens is 292 g/mol. The SMILES string of the molecule is Cc1cccc(N(Br)NC(=O)c2ccccc2)c1. The largest absolute Gasteiger partial charge is 0.270 e. The van der Waals surface area contributed by atoms with Crippen LogP contribution in [0.2, 0.25) is 0 Å². The minimum Gasteiger partial charge on any atom is -0.267 e.